The lowest BCUT2D eigenvalue weighted by molar-refractivity contribution is 0.394. The van der Waals surface area contributed by atoms with Crippen molar-refractivity contribution in [1.29, 1.82) is 0 Å². The van der Waals surface area contributed by atoms with Gasteiger partial charge in [-0.3, -0.25) is 0 Å². The van der Waals surface area contributed by atoms with E-state index in [0.29, 0.717) is 5.88 Å². The Morgan fingerprint density at radius 1 is 1.18 bits per heavy atom. The highest BCUT2D eigenvalue weighted by Crippen LogP contribution is 2.22. The van der Waals surface area contributed by atoms with Crippen molar-refractivity contribution in [3.8, 4) is 5.88 Å². The number of rotatable bonds is 3. The first kappa shape index (κ1) is 11.6. The zero-order valence-corrected chi connectivity index (χ0v) is 10.1. The number of ether oxygens (including phenoxy) is 1. The summed E-state index contributed by atoms with van der Waals surface area (Å²) in [4.78, 5) is 4.24. The number of pyridine rings is 1. The lowest BCUT2D eigenvalue weighted by Gasteiger charge is -2.13. The zero-order valence-electron chi connectivity index (χ0n) is 10.1. The average molecular weight is 228 g/mol. The summed E-state index contributed by atoms with van der Waals surface area (Å²) in [5.41, 5.74) is 9.27. The van der Waals surface area contributed by atoms with Crippen molar-refractivity contribution in [3.63, 3.8) is 0 Å². The van der Waals surface area contributed by atoms with Gasteiger partial charge in [0.1, 0.15) is 0 Å². The molecule has 0 unspecified atom stereocenters. The van der Waals surface area contributed by atoms with Crippen molar-refractivity contribution < 1.29 is 4.74 Å². The summed E-state index contributed by atoms with van der Waals surface area (Å²) >= 11 is 0. The molecule has 0 bridgehead atoms. The van der Waals surface area contributed by atoms with E-state index < -0.39 is 0 Å². The van der Waals surface area contributed by atoms with E-state index in [4.69, 9.17) is 10.5 Å². The topological polar surface area (TPSA) is 48.1 Å². The third-order valence-electron chi connectivity index (χ3n) is 2.76. The van der Waals surface area contributed by atoms with Crippen molar-refractivity contribution in [3.05, 3.63) is 59.3 Å². The van der Waals surface area contributed by atoms with E-state index in [0.717, 1.165) is 16.7 Å². The minimum Gasteiger partial charge on any atom is -0.481 e. The molecule has 1 heterocycles. The molecule has 0 saturated carbocycles. The van der Waals surface area contributed by atoms with Crippen LogP contribution in [0.5, 0.6) is 5.88 Å². The van der Waals surface area contributed by atoms with Crippen LogP contribution in [0.25, 0.3) is 0 Å². The molecule has 2 aromatic rings. The summed E-state index contributed by atoms with van der Waals surface area (Å²) in [7, 11) is 1.62. The highest BCUT2D eigenvalue weighted by molar-refractivity contribution is 5.35. The van der Waals surface area contributed by atoms with Gasteiger partial charge in [-0.15, -0.1) is 0 Å². The Morgan fingerprint density at radius 3 is 2.47 bits per heavy atom. The van der Waals surface area contributed by atoms with Gasteiger partial charge in [-0.05, 0) is 24.1 Å². The molecule has 2 rings (SSSR count). The first-order valence-corrected chi connectivity index (χ1v) is 5.53. The number of aryl methyl sites for hydroxylation is 1. The van der Waals surface area contributed by atoms with Gasteiger partial charge in [-0.1, -0.05) is 30.3 Å². The molecule has 3 nitrogen and oxygen atoms in total. The smallest absolute Gasteiger partial charge is 0.215 e. The van der Waals surface area contributed by atoms with E-state index in [2.05, 4.69) is 4.98 Å². The van der Waals surface area contributed by atoms with E-state index >= 15 is 0 Å². The van der Waals surface area contributed by atoms with Crippen LogP contribution in [0, 0.1) is 6.92 Å². The number of hydrogen-bond donors (Lipinski definition) is 1. The summed E-state index contributed by atoms with van der Waals surface area (Å²) in [6, 6.07) is 11.9. The highest BCUT2D eigenvalue weighted by atomic mass is 16.5. The van der Waals surface area contributed by atoms with Gasteiger partial charge >= 0.3 is 0 Å². The van der Waals surface area contributed by atoms with E-state index in [-0.39, 0.29) is 6.04 Å². The summed E-state index contributed by atoms with van der Waals surface area (Å²) in [6.45, 7) is 1.97. The first-order chi connectivity index (χ1) is 8.22. The third kappa shape index (κ3) is 2.45. The Hall–Kier alpha value is -1.87. The Balaban J connectivity index is 2.32. The van der Waals surface area contributed by atoms with Gasteiger partial charge in [0.25, 0.3) is 0 Å². The fourth-order valence-electron chi connectivity index (χ4n) is 1.82. The van der Waals surface area contributed by atoms with Crippen LogP contribution in [-0.2, 0) is 0 Å². The normalized spacial score (nSPS) is 12.2. The maximum Gasteiger partial charge on any atom is 0.215 e. The fourth-order valence-corrected chi connectivity index (χ4v) is 1.82. The molecule has 0 aliphatic heterocycles. The number of aromatic nitrogens is 1. The van der Waals surface area contributed by atoms with Gasteiger partial charge in [0.2, 0.25) is 5.88 Å². The molecule has 1 atom stereocenters. The minimum absolute atomic E-state index is 0.145. The molecule has 0 saturated heterocycles. The largest absolute Gasteiger partial charge is 0.481 e. The number of methoxy groups -OCH3 is 1. The van der Waals surface area contributed by atoms with Crippen molar-refractivity contribution >= 4 is 0 Å². The number of nitrogens with two attached hydrogens (primary N) is 1. The molecule has 2 N–H and O–H groups in total. The van der Waals surface area contributed by atoms with E-state index in [1.54, 1.807) is 13.3 Å². The Morgan fingerprint density at radius 2 is 1.88 bits per heavy atom. The Labute approximate surface area is 101 Å². The molecule has 0 spiro atoms. The van der Waals surface area contributed by atoms with Gasteiger partial charge in [-0.2, -0.15) is 0 Å². The average Bonchev–Trinajstić information content (AvgIpc) is 2.39. The Bertz CT molecular complexity index is 497. The standard InChI is InChI=1S/C14H16N2O/c1-10-8-12(9-16-14(10)17-2)13(15)11-6-4-3-5-7-11/h3-9,13H,15H2,1-2H3/t13-/m0/s1. The quantitative estimate of drug-likeness (QED) is 0.877. The van der Waals surface area contributed by atoms with E-state index in [1.165, 1.54) is 0 Å². The molecular weight excluding hydrogens is 212 g/mol. The molecule has 17 heavy (non-hydrogen) atoms. The molecule has 1 aromatic carbocycles. The highest BCUT2D eigenvalue weighted by Gasteiger charge is 2.10. The number of hydrogen-bond acceptors (Lipinski definition) is 3. The van der Waals surface area contributed by atoms with Crippen LogP contribution in [0.3, 0.4) is 0 Å². The van der Waals surface area contributed by atoms with Crippen LogP contribution in [-0.4, -0.2) is 12.1 Å². The van der Waals surface area contributed by atoms with Crippen LogP contribution >= 0.6 is 0 Å². The molecule has 0 aliphatic carbocycles. The maximum atomic E-state index is 6.20. The zero-order chi connectivity index (χ0) is 12.3. The van der Waals surface area contributed by atoms with Crippen LogP contribution in [0.4, 0.5) is 0 Å². The predicted molar refractivity (Wildman–Crippen MR) is 68.0 cm³/mol. The second kappa shape index (κ2) is 4.97. The fraction of sp³-hybridized carbons (Fsp3) is 0.214. The molecule has 0 aliphatic rings. The van der Waals surface area contributed by atoms with Crippen LogP contribution in [0.15, 0.2) is 42.6 Å². The lowest BCUT2D eigenvalue weighted by Crippen LogP contribution is -2.12. The third-order valence-corrected chi connectivity index (χ3v) is 2.76. The van der Waals surface area contributed by atoms with Crippen LogP contribution in [0.1, 0.15) is 22.7 Å². The molecular formula is C14H16N2O. The van der Waals surface area contributed by atoms with Gasteiger partial charge in [-0.25, -0.2) is 4.98 Å². The van der Waals surface area contributed by atoms with Gasteiger partial charge in [0.15, 0.2) is 0 Å². The minimum atomic E-state index is -0.145. The second-order valence-corrected chi connectivity index (χ2v) is 3.98. The van der Waals surface area contributed by atoms with E-state index in [9.17, 15) is 0 Å². The molecule has 1 aromatic heterocycles. The summed E-state index contributed by atoms with van der Waals surface area (Å²) in [5.74, 6) is 0.647. The van der Waals surface area contributed by atoms with Gasteiger partial charge in [0.05, 0.1) is 13.2 Å². The molecule has 88 valence electrons. The predicted octanol–water partition coefficient (Wildman–Crippen LogP) is 2.45. The molecule has 0 radical (unpaired) electrons. The van der Waals surface area contributed by atoms with E-state index in [1.807, 2.05) is 43.3 Å². The second-order valence-electron chi connectivity index (χ2n) is 3.98. The van der Waals surface area contributed by atoms with Crippen LogP contribution < -0.4 is 10.5 Å². The first-order valence-electron chi connectivity index (χ1n) is 5.53. The summed E-state index contributed by atoms with van der Waals surface area (Å²) < 4.78 is 5.13. The van der Waals surface area contributed by atoms with Gasteiger partial charge < -0.3 is 10.5 Å². The summed E-state index contributed by atoms with van der Waals surface area (Å²) in [5, 5.41) is 0. The lowest BCUT2D eigenvalue weighted by atomic mass is 10.0. The SMILES string of the molecule is COc1ncc([C@@H](N)c2ccccc2)cc1C. The maximum absolute atomic E-state index is 6.20. The van der Waals surface area contributed by atoms with Crippen molar-refractivity contribution in [2.24, 2.45) is 5.73 Å². The Kier molecular flexibility index (Phi) is 3.40. The number of nitrogens with zero attached hydrogens (tertiary/aromatic N) is 1. The monoisotopic (exact) mass is 228 g/mol. The number of benzene rings is 1. The molecule has 0 fully saturated rings. The van der Waals surface area contributed by atoms with Gasteiger partial charge in [0, 0.05) is 11.8 Å². The molecule has 0 amide bonds. The summed E-state index contributed by atoms with van der Waals surface area (Å²) in [6.07, 6.45) is 1.77. The van der Waals surface area contributed by atoms with Crippen LogP contribution in [0.2, 0.25) is 0 Å². The van der Waals surface area contributed by atoms with Crippen molar-refractivity contribution in [1.82, 2.24) is 4.98 Å². The van der Waals surface area contributed by atoms with Crippen molar-refractivity contribution in [2.45, 2.75) is 13.0 Å². The molecule has 3 heteroatoms. The van der Waals surface area contributed by atoms with Crippen molar-refractivity contribution in [2.75, 3.05) is 7.11 Å².